The largest absolute Gasteiger partial charge is 0.268 e. The van der Waals surface area contributed by atoms with Crippen LogP contribution in [0.4, 0.5) is 8.78 Å². The Balaban J connectivity index is 3.61. The smallest absolute Gasteiger partial charge is 0.202 e. The average molecular weight is 204 g/mol. The fourth-order valence-corrected chi connectivity index (χ4v) is 1.12. The van der Waals surface area contributed by atoms with Crippen molar-refractivity contribution in [2.24, 2.45) is 5.92 Å². The zero-order valence-electron chi connectivity index (χ0n) is 9.52. The van der Waals surface area contributed by atoms with Crippen LogP contribution in [-0.2, 0) is 0 Å². The number of hydrogen-bond donors (Lipinski definition) is 0. The van der Waals surface area contributed by atoms with E-state index in [1.54, 1.807) is 19.9 Å². The monoisotopic (exact) mass is 204 g/mol. The topological polar surface area (TPSA) is 0 Å². The van der Waals surface area contributed by atoms with Gasteiger partial charge in [-0.15, -0.1) is 0 Å². The van der Waals surface area contributed by atoms with Gasteiger partial charge < -0.3 is 0 Å². The highest BCUT2D eigenvalue weighted by Crippen LogP contribution is 2.25. The fraction of sp³-hybridized carbons (Fsp3) is 0.833. The molecule has 0 saturated heterocycles. The molecule has 0 aliphatic heterocycles. The Bertz CT molecular complexity index is 160. The van der Waals surface area contributed by atoms with E-state index >= 15 is 0 Å². The van der Waals surface area contributed by atoms with Crippen LogP contribution in [0.15, 0.2) is 12.2 Å². The summed E-state index contributed by atoms with van der Waals surface area (Å²) in [6.45, 7) is 5.23. The van der Waals surface area contributed by atoms with Crippen LogP contribution in [0.25, 0.3) is 0 Å². The van der Waals surface area contributed by atoms with Gasteiger partial charge in [-0.3, -0.25) is 0 Å². The predicted molar refractivity (Wildman–Crippen MR) is 57.7 cm³/mol. The first-order valence-electron chi connectivity index (χ1n) is 5.56. The molecular weight excluding hydrogens is 182 g/mol. The van der Waals surface area contributed by atoms with Gasteiger partial charge in [0, 0.05) is 5.92 Å². The van der Waals surface area contributed by atoms with Crippen LogP contribution < -0.4 is 0 Å². The fourth-order valence-electron chi connectivity index (χ4n) is 1.12. The Morgan fingerprint density at radius 3 is 2.29 bits per heavy atom. The van der Waals surface area contributed by atoms with Gasteiger partial charge in [0.05, 0.1) is 0 Å². The van der Waals surface area contributed by atoms with Gasteiger partial charge >= 0.3 is 0 Å². The third-order valence-electron chi connectivity index (χ3n) is 2.33. The summed E-state index contributed by atoms with van der Waals surface area (Å²) in [7, 11) is 0. The molecular formula is C12H22F2. The second-order valence-corrected chi connectivity index (χ2v) is 4.08. The molecule has 0 amide bonds. The lowest BCUT2D eigenvalue weighted by Crippen LogP contribution is -2.20. The van der Waals surface area contributed by atoms with Crippen LogP contribution in [0.5, 0.6) is 0 Å². The number of alkyl halides is 2. The SMILES string of the molecule is CCCCCC/C=C\C(F)(F)C(C)C. The predicted octanol–water partition coefficient (Wildman–Crippen LogP) is 4.80. The first kappa shape index (κ1) is 13.6. The summed E-state index contributed by atoms with van der Waals surface area (Å²) in [5.74, 6) is -3.24. The highest BCUT2D eigenvalue weighted by atomic mass is 19.3. The molecule has 14 heavy (non-hydrogen) atoms. The van der Waals surface area contributed by atoms with Gasteiger partial charge in [0.2, 0.25) is 0 Å². The first-order valence-corrected chi connectivity index (χ1v) is 5.56. The third kappa shape index (κ3) is 6.11. The summed E-state index contributed by atoms with van der Waals surface area (Å²) in [6.07, 6.45) is 8.02. The number of allylic oxidation sites excluding steroid dienone is 2. The van der Waals surface area contributed by atoms with Gasteiger partial charge in [0.1, 0.15) is 0 Å². The number of halogens is 2. The minimum Gasteiger partial charge on any atom is -0.202 e. The molecule has 0 aliphatic rings. The quantitative estimate of drug-likeness (QED) is 0.412. The van der Waals surface area contributed by atoms with Crippen LogP contribution >= 0.6 is 0 Å². The lowest BCUT2D eigenvalue weighted by atomic mass is 10.0. The molecule has 0 unspecified atom stereocenters. The Morgan fingerprint density at radius 2 is 1.79 bits per heavy atom. The van der Waals surface area contributed by atoms with Crippen LogP contribution in [-0.4, -0.2) is 5.92 Å². The highest BCUT2D eigenvalue weighted by molar-refractivity contribution is 4.96. The molecule has 2 heteroatoms. The van der Waals surface area contributed by atoms with Gasteiger partial charge in [-0.05, 0) is 18.9 Å². The van der Waals surface area contributed by atoms with Crippen molar-refractivity contribution in [1.82, 2.24) is 0 Å². The summed E-state index contributed by atoms with van der Waals surface area (Å²) in [4.78, 5) is 0. The molecule has 0 atom stereocenters. The van der Waals surface area contributed by atoms with E-state index < -0.39 is 11.8 Å². The van der Waals surface area contributed by atoms with Crippen LogP contribution in [0.1, 0.15) is 52.9 Å². The average Bonchev–Trinajstić information content (AvgIpc) is 2.10. The Labute approximate surface area is 86.4 Å². The van der Waals surface area contributed by atoms with E-state index in [0.29, 0.717) is 0 Å². The van der Waals surface area contributed by atoms with Crippen molar-refractivity contribution in [1.29, 1.82) is 0 Å². The number of rotatable bonds is 7. The van der Waals surface area contributed by atoms with Crippen molar-refractivity contribution in [3.05, 3.63) is 12.2 Å². The number of hydrogen-bond acceptors (Lipinski definition) is 0. The van der Waals surface area contributed by atoms with Gasteiger partial charge in [-0.1, -0.05) is 46.1 Å². The Morgan fingerprint density at radius 1 is 1.14 bits per heavy atom. The maximum absolute atomic E-state index is 13.0. The molecule has 0 rings (SSSR count). The summed E-state index contributed by atoms with van der Waals surface area (Å²) in [5.41, 5.74) is 0. The highest BCUT2D eigenvalue weighted by Gasteiger charge is 2.28. The molecule has 0 aliphatic carbocycles. The zero-order chi connectivity index (χ0) is 11.0. The zero-order valence-corrected chi connectivity index (χ0v) is 9.52. The van der Waals surface area contributed by atoms with Gasteiger partial charge in [0.25, 0.3) is 5.92 Å². The van der Waals surface area contributed by atoms with Gasteiger partial charge in [0.15, 0.2) is 0 Å². The molecule has 84 valence electrons. The minimum absolute atomic E-state index is 0.602. The summed E-state index contributed by atoms with van der Waals surface area (Å²) < 4.78 is 26.1. The standard InChI is InChI=1S/C12H22F2/c1-4-5-6-7-8-9-10-12(13,14)11(2)3/h9-11H,4-8H2,1-3H3/b10-9-. The molecule has 0 N–H and O–H groups in total. The first-order chi connectivity index (χ1) is 6.50. The minimum atomic E-state index is -2.63. The van der Waals surface area contributed by atoms with E-state index in [2.05, 4.69) is 6.92 Å². The lowest BCUT2D eigenvalue weighted by molar-refractivity contribution is 0.00602. The lowest BCUT2D eigenvalue weighted by Gasteiger charge is -2.15. The molecule has 0 aromatic rings. The van der Waals surface area contributed by atoms with Crippen LogP contribution in [0, 0.1) is 5.92 Å². The van der Waals surface area contributed by atoms with E-state index in [0.717, 1.165) is 25.3 Å². The van der Waals surface area contributed by atoms with Gasteiger partial charge in [-0.2, -0.15) is 0 Å². The van der Waals surface area contributed by atoms with Crippen molar-refractivity contribution in [3.8, 4) is 0 Å². The van der Waals surface area contributed by atoms with Crippen molar-refractivity contribution >= 4 is 0 Å². The van der Waals surface area contributed by atoms with E-state index in [1.807, 2.05) is 0 Å². The molecule has 0 spiro atoms. The molecule has 0 saturated carbocycles. The second-order valence-electron chi connectivity index (χ2n) is 4.08. The molecule has 0 nitrogen and oxygen atoms in total. The molecule has 0 aromatic heterocycles. The second kappa shape index (κ2) is 6.97. The molecule has 0 radical (unpaired) electrons. The van der Waals surface area contributed by atoms with Crippen molar-refractivity contribution in [2.45, 2.75) is 58.8 Å². The normalized spacial score (nSPS) is 13.0. The molecule has 0 bridgehead atoms. The van der Waals surface area contributed by atoms with Gasteiger partial charge in [-0.25, -0.2) is 8.78 Å². The molecule has 0 aromatic carbocycles. The van der Waals surface area contributed by atoms with Crippen LogP contribution in [0.2, 0.25) is 0 Å². The van der Waals surface area contributed by atoms with E-state index in [-0.39, 0.29) is 0 Å². The maximum Gasteiger partial charge on any atom is 0.268 e. The van der Waals surface area contributed by atoms with E-state index in [9.17, 15) is 8.78 Å². The van der Waals surface area contributed by atoms with Crippen molar-refractivity contribution < 1.29 is 8.78 Å². The van der Waals surface area contributed by atoms with Crippen molar-refractivity contribution in [3.63, 3.8) is 0 Å². The maximum atomic E-state index is 13.0. The summed E-state index contributed by atoms with van der Waals surface area (Å²) in [5, 5.41) is 0. The Kier molecular flexibility index (Phi) is 6.77. The number of unbranched alkanes of at least 4 members (excludes halogenated alkanes) is 4. The molecule has 0 fully saturated rings. The van der Waals surface area contributed by atoms with Crippen molar-refractivity contribution in [2.75, 3.05) is 0 Å². The summed E-state index contributed by atoms with van der Waals surface area (Å²) >= 11 is 0. The third-order valence-corrected chi connectivity index (χ3v) is 2.33. The van der Waals surface area contributed by atoms with Crippen LogP contribution in [0.3, 0.4) is 0 Å². The van der Waals surface area contributed by atoms with E-state index in [4.69, 9.17) is 0 Å². The Hall–Kier alpha value is -0.400. The van der Waals surface area contributed by atoms with E-state index in [1.165, 1.54) is 12.8 Å². The summed E-state index contributed by atoms with van der Waals surface area (Å²) in [6, 6.07) is 0. The molecule has 0 heterocycles.